The second kappa shape index (κ2) is 9.21. The quantitative estimate of drug-likeness (QED) is 0.512. The number of nitrogens with zero attached hydrogens (tertiary/aromatic N) is 3. The van der Waals surface area contributed by atoms with Crippen LogP contribution in [0.25, 0.3) is 0 Å². The molecule has 0 aliphatic carbocycles. The summed E-state index contributed by atoms with van der Waals surface area (Å²) < 4.78 is 32.4. The molecular weight excluding hydrogens is 396 g/mol. The Balaban J connectivity index is 1.47. The third-order valence-electron chi connectivity index (χ3n) is 4.87. The lowest BCUT2D eigenvalue weighted by atomic mass is 10.2. The highest BCUT2D eigenvalue weighted by atomic mass is 32.2. The van der Waals surface area contributed by atoms with E-state index < -0.39 is 14.9 Å². The number of ether oxygens (including phenoxy) is 1. The maximum absolute atomic E-state index is 12.4. The molecule has 0 atom stereocenters. The van der Waals surface area contributed by atoms with Crippen molar-refractivity contribution in [2.45, 2.75) is 4.90 Å². The molecule has 1 heterocycles. The Bertz CT molecular complexity index is 941. The minimum Gasteiger partial charge on any atom is -0.497 e. The van der Waals surface area contributed by atoms with Gasteiger partial charge in [-0.3, -0.25) is 15.0 Å². The van der Waals surface area contributed by atoms with Crippen molar-refractivity contribution in [1.29, 1.82) is 0 Å². The number of piperazine rings is 1. The number of anilines is 1. The van der Waals surface area contributed by atoms with Gasteiger partial charge in [0.05, 0.1) is 16.9 Å². The summed E-state index contributed by atoms with van der Waals surface area (Å²) in [6.07, 6.45) is 0. The van der Waals surface area contributed by atoms with Gasteiger partial charge in [0.15, 0.2) is 0 Å². The minimum atomic E-state index is -3.78. The van der Waals surface area contributed by atoms with E-state index in [4.69, 9.17) is 4.74 Å². The average Bonchev–Trinajstić information content (AvgIpc) is 2.74. The molecule has 1 saturated heterocycles. The third kappa shape index (κ3) is 5.43. The number of nitro groups is 1. The molecule has 29 heavy (non-hydrogen) atoms. The lowest BCUT2D eigenvalue weighted by Gasteiger charge is -2.36. The van der Waals surface area contributed by atoms with E-state index in [0.717, 1.165) is 43.7 Å². The van der Waals surface area contributed by atoms with E-state index in [1.165, 1.54) is 18.2 Å². The standard InChI is InChI=1S/C19H24N4O5S/c1-28-18-7-5-16(6-8-18)22-13-11-21(12-14-22)10-9-20-29(26,27)19-4-2-3-17(15-19)23(24)25/h2-8,15,20H,9-14H2,1H3. The van der Waals surface area contributed by atoms with Gasteiger partial charge in [-0.25, -0.2) is 13.1 Å². The molecule has 156 valence electrons. The van der Waals surface area contributed by atoms with Crippen LogP contribution in [0.4, 0.5) is 11.4 Å². The van der Waals surface area contributed by atoms with Crippen molar-refractivity contribution in [3.63, 3.8) is 0 Å². The van der Waals surface area contributed by atoms with E-state index in [1.54, 1.807) is 7.11 Å². The Labute approximate surface area is 170 Å². The first-order valence-electron chi connectivity index (χ1n) is 9.24. The van der Waals surface area contributed by atoms with Gasteiger partial charge in [-0.15, -0.1) is 0 Å². The fourth-order valence-corrected chi connectivity index (χ4v) is 4.27. The first-order chi connectivity index (χ1) is 13.9. The van der Waals surface area contributed by atoms with Gasteiger partial charge in [-0.2, -0.15) is 0 Å². The van der Waals surface area contributed by atoms with Gasteiger partial charge in [0, 0.05) is 57.1 Å². The number of nitrogens with one attached hydrogen (secondary N) is 1. The highest BCUT2D eigenvalue weighted by Gasteiger charge is 2.20. The number of nitro benzene ring substituents is 1. The van der Waals surface area contributed by atoms with Crippen LogP contribution in [0.1, 0.15) is 0 Å². The molecule has 1 fully saturated rings. The molecule has 0 spiro atoms. The number of rotatable bonds is 8. The summed E-state index contributed by atoms with van der Waals surface area (Å²) in [4.78, 5) is 14.6. The first kappa shape index (κ1) is 21.0. The van der Waals surface area contributed by atoms with Crippen molar-refractivity contribution in [1.82, 2.24) is 9.62 Å². The topological polar surface area (TPSA) is 105 Å². The summed E-state index contributed by atoms with van der Waals surface area (Å²) in [7, 11) is -2.14. The van der Waals surface area contributed by atoms with Gasteiger partial charge in [0.2, 0.25) is 10.0 Å². The predicted octanol–water partition coefficient (Wildman–Crippen LogP) is 1.70. The maximum Gasteiger partial charge on any atom is 0.270 e. The fourth-order valence-electron chi connectivity index (χ4n) is 3.21. The maximum atomic E-state index is 12.4. The Morgan fingerprint density at radius 1 is 1.10 bits per heavy atom. The van der Waals surface area contributed by atoms with Crippen LogP contribution in [0.3, 0.4) is 0 Å². The number of sulfonamides is 1. The highest BCUT2D eigenvalue weighted by Crippen LogP contribution is 2.20. The Morgan fingerprint density at radius 3 is 2.41 bits per heavy atom. The molecule has 1 aliphatic heterocycles. The van der Waals surface area contributed by atoms with Gasteiger partial charge in [0.1, 0.15) is 5.75 Å². The molecule has 2 aromatic rings. The lowest BCUT2D eigenvalue weighted by Crippen LogP contribution is -2.48. The third-order valence-corrected chi connectivity index (χ3v) is 6.33. The van der Waals surface area contributed by atoms with Gasteiger partial charge < -0.3 is 9.64 Å². The van der Waals surface area contributed by atoms with Crippen LogP contribution in [0.15, 0.2) is 53.4 Å². The van der Waals surface area contributed by atoms with Crippen LogP contribution < -0.4 is 14.4 Å². The summed E-state index contributed by atoms with van der Waals surface area (Å²) in [6, 6.07) is 13.0. The minimum absolute atomic E-state index is 0.101. The molecule has 2 aromatic carbocycles. The fraction of sp³-hybridized carbons (Fsp3) is 0.368. The Hall–Kier alpha value is -2.69. The van der Waals surface area contributed by atoms with E-state index in [2.05, 4.69) is 14.5 Å². The second-order valence-corrected chi connectivity index (χ2v) is 8.45. The van der Waals surface area contributed by atoms with E-state index in [1.807, 2.05) is 24.3 Å². The van der Waals surface area contributed by atoms with Crippen molar-refractivity contribution >= 4 is 21.4 Å². The molecule has 1 aliphatic rings. The zero-order valence-corrected chi connectivity index (χ0v) is 17.0. The van der Waals surface area contributed by atoms with Crippen LogP contribution in [0.2, 0.25) is 0 Å². The van der Waals surface area contributed by atoms with Gasteiger partial charge in [-0.1, -0.05) is 6.07 Å². The van der Waals surface area contributed by atoms with Crippen molar-refractivity contribution < 1.29 is 18.1 Å². The van der Waals surface area contributed by atoms with Crippen molar-refractivity contribution in [2.24, 2.45) is 0 Å². The molecule has 1 N–H and O–H groups in total. The molecule has 9 nitrogen and oxygen atoms in total. The largest absolute Gasteiger partial charge is 0.497 e. The van der Waals surface area contributed by atoms with Crippen molar-refractivity contribution in [3.05, 3.63) is 58.6 Å². The lowest BCUT2D eigenvalue weighted by molar-refractivity contribution is -0.385. The van der Waals surface area contributed by atoms with E-state index >= 15 is 0 Å². The van der Waals surface area contributed by atoms with E-state index in [-0.39, 0.29) is 17.1 Å². The SMILES string of the molecule is COc1ccc(N2CCN(CCNS(=O)(=O)c3cccc([N+](=O)[O-])c3)CC2)cc1. The van der Waals surface area contributed by atoms with Gasteiger partial charge >= 0.3 is 0 Å². The molecular formula is C19H24N4O5S. The van der Waals surface area contributed by atoms with Gasteiger partial charge in [0.25, 0.3) is 5.69 Å². The molecule has 0 aromatic heterocycles. The normalized spacial score (nSPS) is 15.3. The van der Waals surface area contributed by atoms with Crippen molar-refractivity contribution in [2.75, 3.05) is 51.3 Å². The smallest absolute Gasteiger partial charge is 0.270 e. The number of hydrogen-bond donors (Lipinski definition) is 1. The predicted molar refractivity (Wildman–Crippen MR) is 110 cm³/mol. The molecule has 0 amide bonds. The second-order valence-electron chi connectivity index (χ2n) is 6.68. The highest BCUT2D eigenvalue weighted by molar-refractivity contribution is 7.89. The van der Waals surface area contributed by atoms with Crippen LogP contribution in [-0.2, 0) is 10.0 Å². The number of benzene rings is 2. The average molecular weight is 420 g/mol. The Kier molecular flexibility index (Phi) is 6.68. The molecule has 0 bridgehead atoms. The molecule has 0 radical (unpaired) electrons. The zero-order valence-electron chi connectivity index (χ0n) is 16.2. The zero-order chi connectivity index (χ0) is 20.9. The monoisotopic (exact) mass is 420 g/mol. The number of non-ortho nitro benzene ring substituents is 1. The number of hydrogen-bond acceptors (Lipinski definition) is 7. The summed E-state index contributed by atoms with van der Waals surface area (Å²) in [5, 5.41) is 10.8. The van der Waals surface area contributed by atoms with Crippen LogP contribution in [0.5, 0.6) is 5.75 Å². The Morgan fingerprint density at radius 2 is 1.79 bits per heavy atom. The summed E-state index contributed by atoms with van der Waals surface area (Å²) >= 11 is 0. The summed E-state index contributed by atoms with van der Waals surface area (Å²) in [6.45, 7) is 4.17. The molecule has 0 saturated carbocycles. The number of methoxy groups -OCH3 is 1. The molecule has 10 heteroatoms. The van der Waals surface area contributed by atoms with Crippen LogP contribution in [0, 0.1) is 10.1 Å². The molecule has 0 unspecified atom stereocenters. The van der Waals surface area contributed by atoms with Crippen LogP contribution >= 0.6 is 0 Å². The van der Waals surface area contributed by atoms with E-state index in [9.17, 15) is 18.5 Å². The van der Waals surface area contributed by atoms with E-state index in [0.29, 0.717) is 6.54 Å². The summed E-state index contributed by atoms with van der Waals surface area (Å²) in [5.74, 6) is 0.823. The van der Waals surface area contributed by atoms with Crippen molar-refractivity contribution in [3.8, 4) is 5.75 Å². The van der Waals surface area contributed by atoms with Gasteiger partial charge in [-0.05, 0) is 30.3 Å². The summed E-state index contributed by atoms with van der Waals surface area (Å²) in [5.41, 5.74) is 0.888. The van der Waals surface area contributed by atoms with Crippen LogP contribution in [-0.4, -0.2) is 64.6 Å². The first-order valence-corrected chi connectivity index (χ1v) is 10.7. The molecule has 3 rings (SSSR count).